The molecule has 0 aromatic heterocycles. The average Bonchev–Trinajstić information content (AvgIpc) is 2.48. The molecule has 1 aromatic carbocycles. The van der Waals surface area contributed by atoms with Gasteiger partial charge in [-0.15, -0.1) is 0 Å². The van der Waals surface area contributed by atoms with Crippen LogP contribution in [0.15, 0.2) is 24.3 Å². The number of para-hydroxylation sites is 2. The molecule has 2 aliphatic rings. The van der Waals surface area contributed by atoms with Crippen molar-refractivity contribution in [3.05, 3.63) is 24.3 Å². The monoisotopic (exact) mass is 274 g/mol. The Hall–Kier alpha value is -1.75. The predicted molar refractivity (Wildman–Crippen MR) is 80.7 cm³/mol. The van der Waals surface area contributed by atoms with Gasteiger partial charge in [0.25, 0.3) is 0 Å². The first kappa shape index (κ1) is 13.2. The first-order valence-electron chi connectivity index (χ1n) is 7.34. The Morgan fingerprint density at radius 3 is 2.60 bits per heavy atom. The number of anilines is 2. The number of nitrogens with zero attached hydrogens (tertiary/aromatic N) is 2. The van der Waals surface area contributed by atoms with E-state index in [9.17, 15) is 4.79 Å². The molecule has 3 N–H and O–H groups in total. The lowest BCUT2D eigenvalue weighted by Gasteiger charge is -2.40. The molecule has 0 aliphatic carbocycles. The summed E-state index contributed by atoms with van der Waals surface area (Å²) >= 11 is 0. The van der Waals surface area contributed by atoms with Gasteiger partial charge in [-0.25, -0.2) is 0 Å². The predicted octanol–water partition coefficient (Wildman–Crippen LogP) is 0.669. The zero-order chi connectivity index (χ0) is 13.9. The molecule has 0 spiro atoms. The Bertz CT molecular complexity index is 483. The third-order valence-corrected chi connectivity index (χ3v) is 4.33. The van der Waals surface area contributed by atoms with Gasteiger partial charge in [-0.2, -0.15) is 0 Å². The number of nitrogen functional groups attached to an aromatic ring is 1. The number of piperidine rings is 1. The standard InChI is InChI=1S/C15H22N4O/c16-13-3-1-2-4-14(13)18-8-5-12(6-9-18)19-10-7-17-15(20)11-19/h1-4,12H,5-11,16H2,(H,17,20). The third-order valence-electron chi connectivity index (χ3n) is 4.33. The van der Waals surface area contributed by atoms with Crippen molar-refractivity contribution < 1.29 is 4.79 Å². The fraction of sp³-hybridized carbons (Fsp3) is 0.533. The van der Waals surface area contributed by atoms with Gasteiger partial charge in [0, 0.05) is 32.2 Å². The van der Waals surface area contributed by atoms with E-state index in [1.807, 2.05) is 18.2 Å². The fourth-order valence-electron chi connectivity index (χ4n) is 3.22. The molecule has 0 radical (unpaired) electrons. The van der Waals surface area contributed by atoms with E-state index in [0.717, 1.165) is 50.4 Å². The molecule has 0 bridgehead atoms. The van der Waals surface area contributed by atoms with Crippen molar-refractivity contribution in [2.45, 2.75) is 18.9 Å². The van der Waals surface area contributed by atoms with Gasteiger partial charge < -0.3 is 16.0 Å². The summed E-state index contributed by atoms with van der Waals surface area (Å²) in [5.74, 6) is 0.158. The van der Waals surface area contributed by atoms with Crippen LogP contribution in [0.25, 0.3) is 0 Å². The van der Waals surface area contributed by atoms with Gasteiger partial charge in [0.05, 0.1) is 17.9 Å². The molecule has 0 atom stereocenters. The van der Waals surface area contributed by atoms with Crippen LogP contribution in [0.1, 0.15) is 12.8 Å². The zero-order valence-corrected chi connectivity index (χ0v) is 11.7. The van der Waals surface area contributed by atoms with Crippen molar-refractivity contribution in [1.82, 2.24) is 10.2 Å². The molecule has 108 valence electrons. The highest BCUT2D eigenvalue weighted by atomic mass is 16.2. The molecule has 2 saturated heterocycles. The Balaban J connectivity index is 1.59. The van der Waals surface area contributed by atoms with Gasteiger partial charge in [-0.3, -0.25) is 9.69 Å². The van der Waals surface area contributed by atoms with Crippen LogP contribution in [-0.4, -0.2) is 49.6 Å². The lowest BCUT2D eigenvalue weighted by atomic mass is 10.0. The number of piperazine rings is 1. The maximum absolute atomic E-state index is 11.5. The third kappa shape index (κ3) is 2.72. The van der Waals surface area contributed by atoms with E-state index >= 15 is 0 Å². The quantitative estimate of drug-likeness (QED) is 0.778. The summed E-state index contributed by atoms with van der Waals surface area (Å²) in [4.78, 5) is 16.1. The Kier molecular flexibility index (Phi) is 3.78. The van der Waals surface area contributed by atoms with Crippen LogP contribution in [0.4, 0.5) is 11.4 Å². The van der Waals surface area contributed by atoms with Crippen molar-refractivity contribution in [3.63, 3.8) is 0 Å². The van der Waals surface area contributed by atoms with Gasteiger partial charge >= 0.3 is 0 Å². The van der Waals surface area contributed by atoms with Crippen molar-refractivity contribution in [2.24, 2.45) is 0 Å². The maximum atomic E-state index is 11.5. The molecule has 0 saturated carbocycles. The van der Waals surface area contributed by atoms with Gasteiger partial charge in [0.2, 0.25) is 5.91 Å². The Morgan fingerprint density at radius 2 is 1.90 bits per heavy atom. The van der Waals surface area contributed by atoms with Crippen LogP contribution in [-0.2, 0) is 4.79 Å². The Morgan fingerprint density at radius 1 is 1.15 bits per heavy atom. The van der Waals surface area contributed by atoms with Gasteiger partial charge in [0.1, 0.15) is 0 Å². The number of amides is 1. The molecule has 2 heterocycles. The van der Waals surface area contributed by atoms with Gasteiger partial charge in [-0.1, -0.05) is 12.1 Å². The minimum absolute atomic E-state index is 0.158. The number of nitrogens with one attached hydrogen (secondary N) is 1. The second kappa shape index (κ2) is 5.71. The van der Waals surface area contributed by atoms with Crippen LogP contribution < -0.4 is 16.0 Å². The number of rotatable bonds is 2. The zero-order valence-electron chi connectivity index (χ0n) is 11.7. The molecule has 5 nitrogen and oxygen atoms in total. The second-order valence-electron chi connectivity index (χ2n) is 5.60. The summed E-state index contributed by atoms with van der Waals surface area (Å²) in [5, 5.41) is 2.89. The van der Waals surface area contributed by atoms with Crippen molar-refractivity contribution in [3.8, 4) is 0 Å². The number of benzene rings is 1. The fourth-order valence-corrected chi connectivity index (χ4v) is 3.22. The minimum atomic E-state index is 0.158. The molecule has 1 aromatic rings. The summed E-state index contributed by atoms with van der Waals surface area (Å²) in [6.07, 6.45) is 2.20. The molecule has 2 fully saturated rings. The first-order valence-corrected chi connectivity index (χ1v) is 7.34. The molecule has 5 heteroatoms. The molecule has 0 unspecified atom stereocenters. The minimum Gasteiger partial charge on any atom is -0.397 e. The molecular weight excluding hydrogens is 252 g/mol. The average molecular weight is 274 g/mol. The number of hydrogen-bond acceptors (Lipinski definition) is 4. The summed E-state index contributed by atoms with van der Waals surface area (Å²) in [6, 6.07) is 8.58. The van der Waals surface area contributed by atoms with Crippen molar-refractivity contribution in [2.75, 3.05) is 43.4 Å². The summed E-state index contributed by atoms with van der Waals surface area (Å²) in [6.45, 7) is 4.33. The highest BCUT2D eigenvalue weighted by Crippen LogP contribution is 2.27. The normalized spacial score (nSPS) is 21.8. The van der Waals surface area contributed by atoms with E-state index in [2.05, 4.69) is 21.2 Å². The van der Waals surface area contributed by atoms with Crippen LogP contribution in [0.2, 0.25) is 0 Å². The molecule has 2 aliphatic heterocycles. The smallest absolute Gasteiger partial charge is 0.234 e. The van der Waals surface area contributed by atoms with E-state index in [1.165, 1.54) is 0 Å². The topological polar surface area (TPSA) is 61.6 Å². The number of hydrogen-bond donors (Lipinski definition) is 2. The highest BCUT2D eigenvalue weighted by molar-refractivity contribution is 5.78. The summed E-state index contributed by atoms with van der Waals surface area (Å²) < 4.78 is 0. The van der Waals surface area contributed by atoms with E-state index in [4.69, 9.17) is 5.73 Å². The lowest BCUT2D eigenvalue weighted by molar-refractivity contribution is -0.125. The largest absolute Gasteiger partial charge is 0.397 e. The molecular formula is C15H22N4O. The second-order valence-corrected chi connectivity index (χ2v) is 5.60. The lowest BCUT2D eigenvalue weighted by Crippen LogP contribution is -2.54. The van der Waals surface area contributed by atoms with Crippen LogP contribution in [0.5, 0.6) is 0 Å². The van der Waals surface area contributed by atoms with Gasteiger partial charge in [0.15, 0.2) is 0 Å². The van der Waals surface area contributed by atoms with E-state index < -0.39 is 0 Å². The van der Waals surface area contributed by atoms with Crippen LogP contribution in [0.3, 0.4) is 0 Å². The van der Waals surface area contributed by atoms with Gasteiger partial charge in [-0.05, 0) is 25.0 Å². The highest BCUT2D eigenvalue weighted by Gasteiger charge is 2.28. The summed E-state index contributed by atoms with van der Waals surface area (Å²) in [7, 11) is 0. The van der Waals surface area contributed by atoms with E-state index in [-0.39, 0.29) is 5.91 Å². The maximum Gasteiger partial charge on any atom is 0.234 e. The van der Waals surface area contributed by atoms with Crippen LogP contribution in [0, 0.1) is 0 Å². The van der Waals surface area contributed by atoms with Crippen molar-refractivity contribution in [1.29, 1.82) is 0 Å². The summed E-state index contributed by atoms with van der Waals surface area (Å²) in [5.41, 5.74) is 8.03. The molecule has 20 heavy (non-hydrogen) atoms. The number of carbonyl (C=O) groups excluding carboxylic acids is 1. The number of nitrogens with two attached hydrogens (primary N) is 1. The Labute approximate surface area is 119 Å². The van der Waals surface area contributed by atoms with E-state index in [1.54, 1.807) is 0 Å². The number of carbonyl (C=O) groups is 1. The first-order chi connectivity index (χ1) is 9.74. The van der Waals surface area contributed by atoms with E-state index in [0.29, 0.717) is 12.6 Å². The molecule has 3 rings (SSSR count). The SMILES string of the molecule is Nc1ccccc1N1CCC(N2CCNC(=O)C2)CC1. The van der Waals surface area contributed by atoms with Crippen molar-refractivity contribution >= 4 is 17.3 Å². The molecule has 1 amide bonds. The van der Waals surface area contributed by atoms with Crippen LogP contribution >= 0.6 is 0 Å².